The number of nitrogens with zero attached hydrogens (tertiary/aromatic N) is 1. The van der Waals surface area contributed by atoms with Gasteiger partial charge in [0.05, 0.1) is 22.2 Å². The molecule has 134 valence electrons. The van der Waals surface area contributed by atoms with Crippen molar-refractivity contribution in [2.75, 3.05) is 15.5 Å². The van der Waals surface area contributed by atoms with Crippen molar-refractivity contribution in [3.63, 3.8) is 0 Å². The van der Waals surface area contributed by atoms with Crippen molar-refractivity contribution < 1.29 is 14.4 Å². The fraction of sp³-hybridized carbons (Fsp3) is 0.167. The van der Waals surface area contributed by atoms with Crippen LogP contribution in [-0.4, -0.2) is 23.8 Å². The Balaban J connectivity index is 1.74. The zero-order valence-electron chi connectivity index (χ0n) is 13.8. The van der Waals surface area contributed by atoms with Crippen LogP contribution in [0, 0.1) is 0 Å². The second-order valence-electron chi connectivity index (χ2n) is 5.83. The van der Waals surface area contributed by atoms with Crippen LogP contribution in [0.1, 0.15) is 13.3 Å². The predicted octanol–water partition coefficient (Wildman–Crippen LogP) is 3.70. The Kier molecular flexibility index (Phi) is 5.15. The molecule has 1 heterocycles. The third kappa shape index (κ3) is 3.81. The van der Waals surface area contributed by atoms with Gasteiger partial charge in [0.1, 0.15) is 6.04 Å². The minimum atomic E-state index is -0.677. The molecular weight excluding hydrogens is 377 g/mol. The van der Waals surface area contributed by atoms with Crippen LogP contribution < -0.4 is 15.5 Å². The summed E-state index contributed by atoms with van der Waals surface area (Å²) in [6.45, 7) is 1.42. The summed E-state index contributed by atoms with van der Waals surface area (Å²) in [6, 6.07) is 10.8. The van der Waals surface area contributed by atoms with Crippen LogP contribution in [-0.2, 0) is 14.4 Å². The van der Waals surface area contributed by atoms with Crippen LogP contribution in [0.15, 0.2) is 42.5 Å². The van der Waals surface area contributed by atoms with Gasteiger partial charge < -0.3 is 10.6 Å². The summed E-state index contributed by atoms with van der Waals surface area (Å²) in [6.07, 6.45) is 0.0343. The lowest BCUT2D eigenvalue weighted by molar-refractivity contribution is -0.121. The Morgan fingerprint density at radius 1 is 1.04 bits per heavy atom. The van der Waals surface area contributed by atoms with E-state index in [9.17, 15) is 14.4 Å². The average Bonchev–Trinajstić information content (AvgIpc) is 2.85. The highest BCUT2D eigenvalue weighted by atomic mass is 35.5. The van der Waals surface area contributed by atoms with E-state index in [2.05, 4.69) is 10.6 Å². The molecule has 1 atom stereocenters. The van der Waals surface area contributed by atoms with Gasteiger partial charge in [-0.05, 0) is 42.5 Å². The molecular formula is C18H15Cl2N3O3. The Bertz CT molecular complexity index is 884. The van der Waals surface area contributed by atoms with Crippen molar-refractivity contribution in [1.29, 1.82) is 0 Å². The number of nitrogens with one attached hydrogen (secondary N) is 2. The lowest BCUT2D eigenvalue weighted by atomic mass is 10.2. The molecule has 2 aromatic rings. The van der Waals surface area contributed by atoms with Crippen LogP contribution in [0.4, 0.5) is 17.1 Å². The first-order valence-electron chi connectivity index (χ1n) is 7.81. The maximum Gasteiger partial charge on any atom is 0.256 e. The molecule has 6 nitrogen and oxygen atoms in total. The van der Waals surface area contributed by atoms with Crippen molar-refractivity contribution >= 4 is 58.0 Å². The lowest BCUT2D eigenvalue weighted by Gasteiger charge is -2.17. The minimum Gasteiger partial charge on any atom is -0.373 e. The predicted molar refractivity (Wildman–Crippen MR) is 102 cm³/mol. The largest absolute Gasteiger partial charge is 0.373 e. The molecule has 1 saturated heterocycles. The number of halogens is 2. The number of rotatable bonds is 4. The topological polar surface area (TPSA) is 78.5 Å². The molecule has 8 heteroatoms. The van der Waals surface area contributed by atoms with Gasteiger partial charge in [-0.2, -0.15) is 0 Å². The molecule has 0 spiro atoms. The number of carbonyl (C=O) groups is 3. The molecule has 3 rings (SSSR count). The molecule has 0 bridgehead atoms. The second-order valence-corrected chi connectivity index (χ2v) is 6.64. The fourth-order valence-corrected chi connectivity index (χ4v) is 2.99. The summed E-state index contributed by atoms with van der Waals surface area (Å²) < 4.78 is 0. The van der Waals surface area contributed by atoms with Gasteiger partial charge in [0.15, 0.2) is 0 Å². The zero-order chi connectivity index (χ0) is 18.8. The number of hydrogen-bond acceptors (Lipinski definition) is 4. The van der Waals surface area contributed by atoms with E-state index in [1.807, 2.05) is 0 Å². The number of carbonyl (C=O) groups excluding carboxylic acids is 3. The van der Waals surface area contributed by atoms with E-state index in [1.54, 1.807) is 36.4 Å². The maximum atomic E-state index is 12.6. The summed E-state index contributed by atoms with van der Waals surface area (Å²) in [5.41, 5.74) is 1.70. The summed E-state index contributed by atoms with van der Waals surface area (Å²) >= 11 is 11.9. The SMILES string of the molecule is CC(=O)Nc1ccc(N[C@@H]2CC(=O)N(c3ccc(Cl)c(Cl)c3)C2=O)cc1. The summed E-state index contributed by atoms with van der Waals surface area (Å²) in [5.74, 6) is -0.848. The highest BCUT2D eigenvalue weighted by molar-refractivity contribution is 6.42. The summed E-state index contributed by atoms with van der Waals surface area (Å²) in [7, 11) is 0. The minimum absolute atomic E-state index is 0.0343. The number of benzene rings is 2. The van der Waals surface area contributed by atoms with Crippen molar-refractivity contribution in [3.8, 4) is 0 Å². The van der Waals surface area contributed by atoms with Gasteiger partial charge in [0.25, 0.3) is 5.91 Å². The van der Waals surface area contributed by atoms with E-state index in [0.717, 1.165) is 4.90 Å². The van der Waals surface area contributed by atoms with Gasteiger partial charge in [0.2, 0.25) is 11.8 Å². The Labute approximate surface area is 160 Å². The molecule has 1 aliphatic rings. The van der Waals surface area contributed by atoms with Crippen LogP contribution in [0.3, 0.4) is 0 Å². The molecule has 0 saturated carbocycles. The maximum absolute atomic E-state index is 12.6. The Morgan fingerprint density at radius 3 is 2.31 bits per heavy atom. The van der Waals surface area contributed by atoms with Gasteiger partial charge in [-0.3, -0.25) is 14.4 Å². The van der Waals surface area contributed by atoms with E-state index in [-0.39, 0.29) is 29.2 Å². The fourth-order valence-electron chi connectivity index (χ4n) is 2.69. The quantitative estimate of drug-likeness (QED) is 0.778. The normalized spacial score (nSPS) is 16.7. The first-order valence-corrected chi connectivity index (χ1v) is 8.57. The van der Waals surface area contributed by atoms with Crippen LogP contribution in [0.5, 0.6) is 0 Å². The van der Waals surface area contributed by atoms with Crippen molar-refractivity contribution in [2.45, 2.75) is 19.4 Å². The zero-order valence-corrected chi connectivity index (χ0v) is 15.3. The number of amides is 3. The number of hydrogen-bond donors (Lipinski definition) is 2. The molecule has 0 aromatic heterocycles. The van der Waals surface area contributed by atoms with E-state index >= 15 is 0 Å². The van der Waals surface area contributed by atoms with E-state index in [4.69, 9.17) is 23.2 Å². The first-order chi connectivity index (χ1) is 12.3. The van der Waals surface area contributed by atoms with Crippen LogP contribution in [0.2, 0.25) is 10.0 Å². The first kappa shape index (κ1) is 18.2. The van der Waals surface area contributed by atoms with Gasteiger partial charge in [-0.25, -0.2) is 4.90 Å². The van der Waals surface area contributed by atoms with Gasteiger partial charge >= 0.3 is 0 Å². The number of anilines is 3. The van der Waals surface area contributed by atoms with Gasteiger partial charge in [-0.1, -0.05) is 23.2 Å². The molecule has 2 N–H and O–H groups in total. The Morgan fingerprint density at radius 2 is 1.69 bits per heavy atom. The van der Waals surface area contributed by atoms with Crippen LogP contribution >= 0.6 is 23.2 Å². The summed E-state index contributed by atoms with van der Waals surface area (Å²) in [4.78, 5) is 37.1. The number of imide groups is 1. The molecule has 1 aliphatic heterocycles. The van der Waals surface area contributed by atoms with Gasteiger partial charge in [0, 0.05) is 18.3 Å². The second kappa shape index (κ2) is 7.35. The van der Waals surface area contributed by atoms with Crippen molar-refractivity contribution in [3.05, 3.63) is 52.5 Å². The highest BCUT2D eigenvalue weighted by Crippen LogP contribution is 2.31. The monoisotopic (exact) mass is 391 g/mol. The molecule has 1 fully saturated rings. The van der Waals surface area contributed by atoms with Gasteiger partial charge in [-0.15, -0.1) is 0 Å². The smallest absolute Gasteiger partial charge is 0.256 e. The molecule has 0 aliphatic carbocycles. The van der Waals surface area contributed by atoms with E-state index in [0.29, 0.717) is 22.1 Å². The molecule has 0 unspecified atom stereocenters. The average molecular weight is 392 g/mol. The Hall–Kier alpha value is -2.57. The molecule has 0 radical (unpaired) electrons. The lowest BCUT2D eigenvalue weighted by Crippen LogP contribution is -2.34. The van der Waals surface area contributed by atoms with Crippen molar-refractivity contribution in [2.24, 2.45) is 0 Å². The van der Waals surface area contributed by atoms with E-state index in [1.165, 1.54) is 13.0 Å². The highest BCUT2D eigenvalue weighted by Gasteiger charge is 2.39. The third-order valence-electron chi connectivity index (χ3n) is 3.85. The van der Waals surface area contributed by atoms with E-state index < -0.39 is 6.04 Å². The molecule has 3 amide bonds. The third-order valence-corrected chi connectivity index (χ3v) is 4.59. The standard InChI is InChI=1S/C18H15Cl2N3O3/c1-10(24)21-11-2-4-12(5-3-11)22-16-9-17(25)23(18(16)26)13-6-7-14(19)15(20)8-13/h2-8,16,22H,9H2,1H3,(H,21,24)/t16-/m1/s1. The van der Waals surface area contributed by atoms with Crippen LogP contribution in [0.25, 0.3) is 0 Å². The van der Waals surface area contributed by atoms with Crippen molar-refractivity contribution in [1.82, 2.24) is 0 Å². The molecule has 26 heavy (non-hydrogen) atoms. The molecule has 2 aromatic carbocycles. The summed E-state index contributed by atoms with van der Waals surface area (Å²) in [5, 5.41) is 6.33.